The molecule has 0 radical (unpaired) electrons. The monoisotopic (exact) mass is 521 g/mol. The van der Waals surface area contributed by atoms with E-state index in [9.17, 15) is 22.4 Å². The van der Waals surface area contributed by atoms with E-state index in [1.54, 1.807) is 26.2 Å². The van der Waals surface area contributed by atoms with Crippen molar-refractivity contribution in [1.29, 1.82) is 0 Å². The summed E-state index contributed by atoms with van der Waals surface area (Å²) in [5.74, 6) is -0.0529. The number of carbonyl (C=O) groups excluding carboxylic acids is 2. The molecule has 0 spiro atoms. The third kappa shape index (κ3) is 8.82. The van der Waals surface area contributed by atoms with Crippen LogP contribution in [0.1, 0.15) is 39.2 Å². The van der Waals surface area contributed by atoms with Gasteiger partial charge in [0.15, 0.2) is 0 Å². The number of halogens is 1. The number of amides is 2. The molecule has 2 aromatic carbocycles. The Morgan fingerprint density at radius 3 is 2.17 bits per heavy atom. The molecule has 8 nitrogen and oxygen atoms in total. The minimum atomic E-state index is -3.64. The lowest BCUT2D eigenvalue weighted by atomic mass is 10.1. The molecule has 2 aromatic rings. The average Bonchev–Trinajstić information content (AvgIpc) is 2.83. The summed E-state index contributed by atoms with van der Waals surface area (Å²) in [6, 6.07) is 11.7. The zero-order valence-corrected chi connectivity index (χ0v) is 22.3. The highest BCUT2D eigenvalue weighted by Crippen LogP contribution is 2.20. The first-order chi connectivity index (χ1) is 16.9. The Kier molecular flexibility index (Phi) is 10.7. The lowest BCUT2D eigenvalue weighted by Gasteiger charge is -2.29. The molecule has 0 aliphatic rings. The van der Waals surface area contributed by atoms with Crippen LogP contribution in [-0.2, 0) is 26.2 Å². The number of hydrogen-bond acceptors (Lipinski definition) is 5. The molecular weight excluding hydrogens is 485 g/mol. The fourth-order valence-corrected chi connectivity index (χ4v) is 4.54. The number of rotatable bonds is 13. The van der Waals surface area contributed by atoms with E-state index in [0.717, 1.165) is 16.1 Å². The van der Waals surface area contributed by atoms with Crippen molar-refractivity contribution >= 4 is 27.5 Å². The minimum Gasteiger partial charge on any atom is -0.497 e. The lowest BCUT2D eigenvalue weighted by molar-refractivity contribution is -0.140. The molecule has 0 saturated carbocycles. The number of ether oxygens (including phenoxy) is 1. The molecule has 0 aromatic heterocycles. The summed E-state index contributed by atoms with van der Waals surface area (Å²) < 4.78 is 44.3. The Morgan fingerprint density at radius 2 is 1.64 bits per heavy atom. The Bertz CT molecular complexity index is 1110. The van der Waals surface area contributed by atoms with Crippen LogP contribution in [0.3, 0.4) is 0 Å². The Morgan fingerprint density at radius 1 is 1.03 bits per heavy atom. The van der Waals surface area contributed by atoms with Crippen LogP contribution < -0.4 is 14.4 Å². The van der Waals surface area contributed by atoms with Gasteiger partial charge in [-0.15, -0.1) is 0 Å². The van der Waals surface area contributed by atoms with E-state index in [2.05, 4.69) is 5.32 Å². The van der Waals surface area contributed by atoms with Crippen molar-refractivity contribution in [2.75, 3.05) is 30.8 Å². The zero-order valence-electron chi connectivity index (χ0n) is 21.5. The lowest BCUT2D eigenvalue weighted by Crippen LogP contribution is -2.48. The van der Waals surface area contributed by atoms with E-state index < -0.39 is 21.9 Å². The molecule has 0 aliphatic carbocycles. The predicted molar refractivity (Wildman–Crippen MR) is 139 cm³/mol. The number of hydrogen-bond donors (Lipinski definition) is 1. The minimum absolute atomic E-state index is 0.0329. The van der Waals surface area contributed by atoms with Crippen molar-refractivity contribution in [3.63, 3.8) is 0 Å². The third-order valence-corrected chi connectivity index (χ3v) is 6.82. The van der Waals surface area contributed by atoms with Crippen LogP contribution in [0.2, 0.25) is 0 Å². The summed E-state index contributed by atoms with van der Waals surface area (Å²) in [4.78, 5) is 27.5. The molecule has 0 saturated heterocycles. The zero-order chi connectivity index (χ0) is 26.9. The van der Waals surface area contributed by atoms with E-state index in [4.69, 9.17) is 4.74 Å². The smallest absolute Gasteiger partial charge is 0.242 e. The van der Waals surface area contributed by atoms with Gasteiger partial charge in [0.25, 0.3) is 0 Å². The number of methoxy groups -OCH3 is 1. The molecule has 1 N–H and O–H groups in total. The first kappa shape index (κ1) is 29.1. The van der Waals surface area contributed by atoms with Crippen molar-refractivity contribution in [3.8, 4) is 5.75 Å². The maximum Gasteiger partial charge on any atom is 0.242 e. The van der Waals surface area contributed by atoms with E-state index in [0.29, 0.717) is 18.0 Å². The molecule has 2 rings (SSSR count). The van der Waals surface area contributed by atoms with Crippen LogP contribution in [0.4, 0.5) is 10.1 Å². The molecule has 36 heavy (non-hydrogen) atoms. The second-order valence-corrected chi connectivity index (χ2v) is 11.0. The van der Waals surface area contributed by atoms with Gasteiger partial charge in [-0.25, -0.2) is 12.8 Å². The highest BCUT2D eigenvalue weighted by molar-refractivity contribution is 7.92. The van der Waals surface area contributed by atoms with Gasteiger partial charge in [-0.2, -0.15) is 0 Å². The highest BCUT2D eigenvalue weighted by atomic mass is 32.2. The molecule has 1 atom stereocenters. The van der Waals surface area contributed by atoms with Gasteiger partial charge in [-0.1, -0.05) is 26.0 Å². The number of nitrogens with one attached hydrogen (secondary N) is 1. The Labute approximate surface area is 213 Å². The second kappa shape index (κ2) is 13.2. The summed E-state index contributed by atoms with van der Waals surface area (Å²) >= 11 is 0. The molecule has 0 aliphatic heterocycles. The van der Waals surface area contributed by atoms with Crippen LogP contribution in [0.25, 0.3) is 0 Å². The predicted octanol–water partition coefficient (Wildman–Crippen LogP) is 3.57. The first-order valence-electron chi connectivity index (χ1n) is 11.9. The fourth-order valence-electron chi connectivity index (χ4n) is 3.57. The van der Waals surface area contributed by atoms with Gasteiger partial charge in [-0.3, -0.25) is 13.9 Å². The number of benzene rings is 2. The molecule has 0 heterocycles. The van der Waals surface area contributed by atoms with Crippen LogP contribution >= 0.6 is 0 Å². The van der Waals surface area contributed by atoms with Crippen LogP contribution in [0.15, 0.2) is 48.5 Å². The van der Waals surface area contributed by atoms with Crippen LogP contribution in [0.5, 0.6) is 5.75 Å². The van der Waals surface area contributed by atoms with Crippen molar-refractivity contribution in [2.24, 2.45) is 5.92 Å². The van der Waals surface area contributed by atoms with Gasteiger partial charge in [0.1, 0.15) is 17.6 Å². The first-order valence-corrected chi connectivity index (χ1v) is 13.7. The van der Waals surface area contributed by atoms with Gasteiger partial charge in [-0.05, 0) is 61.2 Å². The van der Waals surface area contributed by atoms with E-state index in [1.165, 1.54) is 29.2 Å². The number of anilines is 1. The Balaban J connectivity index is 2.15. The van der Waals surface area contributed by atoms with Gasteiger partial charge in [0.05, 0.1) is 19.1 Å². The highest BCUT2D eigenvalue weighted by Gasteiger charge is 2.26. The molecule has 1 unspecified atom stereocenters. The maximum absolute atomic E-state index is 13.3. The van der Waals surface area contributed by atoms with Gasteiger partial charge >= 0.3 is 0 Å². The van der Waals surface area contributed by atoms with E-state index in [-0.39, 0.29) is 43.7 Å². The number of carbonyl (C=O) groups is 2. The third-order valence-electron chi connectivity index (χ3n) is 5.63. The van der Waals surface area contributed by atoms with Gasteiger partial charge in [0.2, 0.25) is 21.8 Å². The number of sulfonamides is 1. The Hall–Kier alpha value is -3.14. The molecule has 0 fully saturated rings. The summed E-state index contributed by atoms with van der Waals surface area (Å²) in [6.45, 7) is 6.40. The summed E-state index contributed by atoms with van der Waals surface area (Å²) in [5, 5.41) is 2.87. The maximum atomic E-state index is 13.3. The number of nitrogens with zero attached hydrogens (tertiary/aromatic N) is 2. The topological polar surface area (TPSA) is 96.0 Å². The van der Waals surface area contributed by atoms with Crippen LogP contribution in [-0.4, -0.2) is 57.6 Å². The second-order valence-electron chi connectivity index (χ2n) is 9.10. The van der Waals surface area contributed by atoms with E-state index >= 15 is 0 Å². The normalized spacial score (nSPS) is 12.2. The van der Waals surface area contributed by atoms with E-state index in [1.807, 2.05) is 26.0 Å². The molecular formula is C26H36FN3O5S. The van der Waals surface area contributed by atoms with Crippen molar-refractivity contribution in [3.05, 3.63) is 59.9 Å². The van der Waals surface area contributed by atoms with Crippen LogP contribution in [0, 0.1) is 11.7 Å². The molecule has 198 valence electrons. The summed E-state index contributed by atoms with van der Waals surface area (Å²) in [6.07, 6.45) is 1.32. The summed E-state index contributed by atoms with van der Waals surface area (Å²) in [7, 11) is -2.07. The largest absolute Gasteiger partial charge is 0.497 e. The van der Waals surface area contributed by atoms with Crippen molar-refractivity contribution < 1.29 is 27.1 Å². The molecule has 0 bridgehead atoms. The SMILES string of the molecule is COc1ccc(CN(C(=O)CCCN(c2ccc(F)cc2)S(C)(=O)=O)C(C)C(=O)NCC(C)C)cc1. The van der Waals surface area contributed by atoms with Gasteiger partial charge in [0, 0.05) is 26.1 Å². The van der Waals surface area contributed by atoms with Crippen molar-refractivity contribution in [2.45, 2.75) is 46.2 Å². The fraction of sp³-hybridized carbons (Fsp3) is 0.462. The molecule has 10 heteroatoms. The quantitative estimate of drug-likeness (QED) is 0.435. The standard InChI is InChI=1S/C26H36FN3O5S/c1-19(2)17-28-26(32)20(3)29(18-21-8-14-24(35-4)15-9-21)25(31)7-6-16-30(36(5,33)34)23-12-10-22(27)11-13-23/h8-15,19-20H,6-7,16-18H2,1-5H3,(H,28,32). The van der Waals surface area contributed by atoms with Crippen molar-refractivity contribution in [1.82, 2.24) is 10.2 Å². The molecule has 2 amide bonds. The van der Waals surface area contributed by atoms with Gasteiger partial charge < -0.3 is 15.0 Å². The average molecular weight is 522 g/mol. The summed E-state index contributed by atoms with van der Waals surface area (Å²) in [5.41, 5.74) is 1.15.